The summed E-state index contributed by atoms with van der Waals surface area (Å²) in [6.45, 7) is 0.387. The second kappa shape index (κ2) is 6.22. The number of phenols is 1. The number of aliphatic hydroxyl groups is 1. The second-order valence-electron chi connectivity index (χ2n) is 5.00. The number of aromatic nitrogens is 2. The van der Waals surface area contributed by atoms with Crippen LogP contribution in [0.25, 0.3) is 11.4 Å². The van der Waals surface area contributed by atoms with Gasteiger partial charge in [0.2, 0.25) is 0 Å². The van der Waals surface area contributed by atoms with Gasteiger partial charge in [-0.2, -0.15) is 0 Å². The highest BCUT2D eigenvalue weighted by Gasteiger charge is 2.13. The van der Waals surface area contributed by atoms with Crippen molar-refractivity contribution in [1.82, 2.24) is 9.55 Å². The van der Waals surface area contributed by atoms with Gasteiger partial charge in [-0.25, -0.2) is 4.98 Å². The van der Waals surface area contributed by atoms with E-state index >= 15 is 0 Å². The quantitative estimate of drug-likeness (QED) is 0.773. The van der Waals surface area contributed by atoms with Crippen LogP contribution in [0.3, 0.4) is 0 Å². The van der Waals surface area contributed by atoms with E-state index in [2.05, 4.69) is 4.98 Å². The van der Waals surface area contributed by atoms with Crippen LogP contribution >= 0.6 is 11.6 Å². The maximum Gasteiger partial charge on any atom is 0.140 e. The highest BCUT2D eigenvalue weighted by Crippen LogP contribution is 2.29. The largest absolute Gasteiger partial charge is 0.506 e. The van der Waals surface area contributed by atoms with Crippen LogP contribution in [0.15, 0.2) is 60.9 Å². The molecule has 0 aliphatic heterocycles. The average Bonchev–Trinajstić information content (AvgIpc) is 2.99. The van der Waals surface area contributed by atoms with Crippen LogP contribution < -0.4 is 0 Å². The fourth-order valence-electron chi connectivity index (χ4n) is 2.33. The zero-order valence-corrected chi connectivity index (χ0v) is 12.5. The fraction of sp³-hybridized carbons (Fsp3) is 0.118. The summed E-state index contributed by atoms with van der Waals surface area (Å²) in [4.78, 5) is 4.32. The molecular formula is C17H15ClN2O2. The minimum atomic E-state index is -0.623. The molecule has 0 aliphatic carbocycles. The molecule has 1 aromatic heterocycles. The van der Waals surface area contributed by atoms with Crippen molar-refractivity contribution in [3.05, 3.63) is 71.5 Å². The number of aromatic hydroxyl groups is 1. The maximum absolute atomic E-state index is 10.3. The number of rotatable bonds is 4. The molecule has 0 radical (unpaired) electrons. The molecule has 2 aromatic carbocycles. The Balaban J connectivity index is 1.87. The third kappa shape index (κ3) is 2.98. The van der Waals surface area contributed by atoms with Gasteiger partial charge in [-0.15, -0.1) is 0 Å². The SMILES string of the molecule is Oc1ccc(-c2nccn2C[C@H](O)c2ccccc2)cc1Cl. The lowest BCUT2D eigenvalue weighted by Gasteiger charge is -2.14. The Morgan fingerprint density at radius 1 is 1.14 bits per heavy atom. The molecule has 1 heterocycles. The summed E-state index contributed by atoms with van der Waals surface area (Å²) in [7, 11) is 0. The molecule has 4 nitrogen and oxygen atoms in total. The van der Waals surface area contributed by atoms with Crippen molar-refractivity contribution in [1.29, 1.82) is 0 Å². The molecule has 1 atom stereocenters. The van der Waals surface area contributed by atoms with Crippen LogP contribution in [-0.2, 0) is 6.54 Å². The maximum atomic E-state index is 10.3. The van der Waals surface area contributed by atoms with Crippen molar-refractivity contribution in [3.8, 4) is 17.1 Å². The second-order valence-corrected chi connectivity index (χ2v) is 5.40. The summed E-state index contributed by atoms with van der Waals surface area (Å²) in [6.07, 6.45) is 2.86. The average molecular weight is 315 g/mol. The molecule has 5 heteroatoms. The summed E-state index contributed by atoms with van der Waals surface area (Å²) in [5.41, 5.74) is 1.64. The summed E-state index contributed by atoms with van der Waals surface area (Å²) < 4.78 is 1.86. The molecule has 0 saturated heterocycles. The van der Waals surface area contributed by atoms with Gasteiger partial charge in [-0.05, 0) is 23.8 Å². The first kappa shape index (κ1) is 14.6. The first-order valence-electron chi connectivity index (χ1n) is 6.88. The van der Waals surface area contributed by atoms with E-state index in [9.17, 15) is 10.2 Å². The fourth-order valence-corrected chi connectivity index (χ4v) is 2.51. The van der Waals surface area contributed by atoms with Crippen LogP contribution in [-0.4, -0.2) is 19.8 Å². The van der Waals surface area contributed by atoms with Crippen molar-refractivity contribution in [3.63, 3.8) is 0 Å². The first-order valence-corrected chi connectivity index (χ1v) is 7.26. The van der Waals surface area contributed by atoms with E-state index in [0.717, 1.165) is 11.1 Å². The Hall–Kier alpha value is -2.30. The molecule has 3 rings (SSSR count). The van der Waals surface area contributed by atoms with Crippen LogP contribution in [0.4, 0.5) is 0 Å². The molecule has 112 valence electrons. The molecule has 0 saturated carbocycles. The Bertz CT molecular complexity index is 771. The summed E-state index contributed by atoms with van der Waals surface area (Å²) in [6, 6.07) is 14.4. The van der Waals surface area contributed by atoms with Gasteiger partial charge >= 0.3 is 0 Å². The van der Waals surface area contributed by atoms with Gasteiger partial charge in [0.05, 0.1) is 17.7 Å². The number of halogens is 1. The standard InChI is InChI=1S/C17H15ClN2O2/c18-14-10-13(6-7-15(14)21)17-19-8-9-20(17)11-16(22)12-4-2-1-3-5-12/h1-10,16,21-22H,11H2/t16-/m0/s1. The minimum Gasteiger partial charge on any atom is -0.506 e. The molecule has 0 bridgehead atoms. The number of hydrogen-bond donors (Lipinski definition) is 2. The van der Waals surface area contributed by atoms with Crippen molar-refractivity contribution in [2.75, 3.05) is 0 Å². The van der Waals surface area contributed by atoms with Gasteiger partial charge in [-0.1, -0.05) is 41.9 Å². The van der Waals surface area contributed by atoms with Crippen LogP contribution in [0.1, 0.15) is 11.7 Å². The number of benzene rings is 2. The minimum absolute atomic E-state index is 0.0350. The first-order chi connectivity index (χ1) is 10.6. The van der Waals surface area contributed by atoms with E-state index in [1.165, 1.54) is 6.07 Å². The molecule has 0 unspecified atom stereocenters. The molecule has 3 aromatic rings. The summed E-state index contributed by atoms with van der Waals surface area (Å²) >= 11 is 5.95. The Labute approximate surface area is 133 Å². The molecule has 0 amide bonds. The zero-order valence-electron chi connectivity index (χ0n) is 11.7. The van der Waals surface area contributed by atoms with E-state index < -0.39 is 6.10 Å². The van der Waals surface area contributed by atoms with Crippen LogP contribution in [0.2, 0.25) is 5.02 Å². The lowest BCUT2D eigenvalue weighted by Crippen LogP contribution is -2.09. The molecule has 22 heavy (non-hydrogen) atoms. The summed E-state index contributed by atoms with van der Waals surface area (Å²) in [5, 5.41) is 20.1. The van der Waals surface area contributed by atoms with Gasteiger partial charge in [-0.3, -0.25) is 0 Å². The van der Waals surface area contributed by atoms with Crippen LogP contribution in [0.5, 0.6) is 5.75 Å². The third-order valence-corrected chi connectivity index (χ3v) is 3.78. The number of imidazole rings is 1. The molecule has 0 aliphatic rings. The van der Waals surface area contributed by atoms with Crippen molar-refractivity contribution in [2.24, 2.45) is 0 Å². The number of aliphatic hydroxyl groups excluding tert-OH is 1. The normalized spacial score (nSPS) is 12.3. The summed E-state index contributed by atoms with van der Waals surface area (Å²) in [5.74, 6) is 0.727. The molecule has 0 spiro atoms. The van der Waals surface area contributed by atoms with Gasteiger partial charge in [0.1, 0.15) is 11.6 Å². The zero-order chi connectivity index (χ0) is 15.5. The Kier molecular flexibility index (Phi) is 4.13. The van der Waals surface area contributed by atoms with E-state index in [1.807, 2.05) is 41.1 Å². The number of phenolic OH excluding ortho intramolecular Hbond substituents is 1. The number of hydrogen-bond acceptors (Lipinski definition) is 3. The third-order valence-electron chi connectivity index (χ3n) is 3.48. The van der Waals surface area contributed by atoms with Gasteiger partial charge in [0, 0.05) is 18.0 Å². The van der Waals surface area contributed by atoms with Crippen molar-refractivity contribution in [2.45, 2.75) is 12.6 Å². The lowest BCUT2D eigenvalue weighted by atomic mass is 10.1. The van der Waals surface area contributed by atoms with Gasteiger partial charge in [0.25, 0.3) is 0 Å². The van der Waals surface area contributed by atoms with E-state index in [4.69, 9.17) is 11.6 Å². The molecule has 0 fully saturated rings. The van der Waals surface area contributed by atoms with Crippen molar-refractivity contribution >= 4 is 11.6 Å². The number of nitrogens with zero attached hydrogens (tertiary/aromatic N) is 2. The van der Waals surface area contributed by atoms with Crippen LogP contribution in [0, 0.1) is 0 Å². The highest BCUT2D eigenvalue weighted by atomic mass is 35.5. The van der Waals surface area contributed by atoms with E-state index in [1.54, 1.807) is 18.3 Å². The predicted octanol–water partition coefficient (Wildman–Crippen LogP) is 3.64. The van der Waals surface area contributed by atoms with Gasteiger partial charge in [0.15, 0.2) is 0 Å². The lowest BCUT2D eigenvalue weighted by molar-refractivity contribution is 0.157. The Morgan fingerprint density at radius 2 is 1.91 bits per heavy atom. The van der Waals surface area contributed by atoms with Crippen molar-refractivity contribution < 1.29 is 10.2 Å². The molecule has 2 N–H and O–H groups in total. The van der Waals surface area contributed by atoms with E-state index in [0.29, 0.717) is 12.4 Å². The van der Waals surface area contributed by atoms with Gasteiger partial charge < -0.3 is 14.8 Å². The van der Waals surface area contributed by atoms with E-state index in [-0.39, 0.29) is 10.8 Å². The topological polar surface area (TPSA) is 58.3 Å². The molecular weight excluding hydrogens is 300 g/mol. The predicted molar refractivity (Wildman–Crippen MR) is 85.7 cm³/mol. The monoisotopic (exact) mass is 314 g/mol. The smallest absolute Gasteiger partial charge is 0.140 e. The highest BCUT2D eigenvalue weighted by molar-refractivity contribution is 6.32. The Morgan fingerprint density at radius 3 is 2.64 bits per heavy atom.